The number of primary amides is 1. The number of rotatable bonds is 2. The van der Waals surface area contributed by atoms with E-state index in [1.54, 1.807) is 24.4 Å². The molecule has 2 rings (SSSR count). The van der Waals surface area contributed by atoms with Gasteiger partial charge in [-0.1, -0.05) is 15.9 Å². The summed E-state index contributed by atoms with van der Waals surface area (Å²) in [5.74, 6) is -0.171. The molecular formula is C10H8Br2N4O. The number of halogens is 2. The molecule has 0 bridgehead atoms. The summed E-state index contributed by atoms with van der Waals surface area (Å²) in [6.07, 6.45) is 1.67. The third kappa shape index (κ3) is 2.34. The van der Waals surface area contributed by atoms with Gasteiger partial charge >= 0.3 is 0 Å². The number of nitrogens with zero attached hydrogens (tertiary/aromatic N) is 2. The van der Waals surface area contributed by atoms with E-state index in [1.165, 1.54) is 4.68 Å². The van der Waals surface area contributed by atoms with Crippen LogP contribution in [0.3, 0.4) is 0 Å². The van der Waals surface area contributed by atoms with E-state index in [-0.39, 0.29) is 0 Å². The van der Waals surface area contributed by atoms with Crippen LogP contribution in [-0.2, 0) is 0 Å². The van der Waals surface area contributed by atoms with Crippen LogP contribution < -0.4 is 11.5 Å². The van der Waals surface area contributed by atoms with E-state index in [0.717, 1.165) is 4.47 Å². The molecule has 0 aliphatic carbocycles. The Labute approximate surface area is 114 Å². The quantitative estimate of drug-likeness (QED) is 0.860. The Morgan fingerprint density at radius 3 is 2.59 bits per heavy atom. The Morgan fingerprint density at radius 2 is 2.06 bits per heavy atom. The standard InChI is InChI=1S/C10H8Br2N4O/c11-5-1-2-8(6(3-5)10(14)17)16-4-7(12)9(13)15-16/h1-4H,(H2,13,15)(H2,14,17). The van der Waals surface area contributed by atoms with E-state index in [0.29, 0.717) is 21.5 Å². The molecule has 0 radical (unpaired) electrons. The molecule has 0 saturated carbocycles. The van der Waals surface area contributed by atoms with Crippen molar-refractivity contribution in [3.8, 4) is 5.69 Å². The van der Waals surface area contributed by atoms with Crippen LogP contribution in [0.5, 0.6) is 0 Å². The van der Waals surface area contributed by atoms with Gasteiger partial charge < -0.3 is 11.5 Å². The highest BCUT2D eigenvalue weighted by Gasteiger charge is 2.12. The lowest BCUT2D eigenvalue weighted by Gasteiger charge is -2.06. The second-order valence-corrected chi connectivity index (χ2v) is 5.10. The van der Waals surface area contributed by atoms with Gasteiger partial charge in [0.2, 0.25) is 0 Å². The number of nitrogens with two attached hydrogens (primary N) is 2. The summed E-state index contributed by atoms with van der Waals surface area (Å²) in [5, 5.41) is 4.08. The lowest BCUT2D eigenvalue weighted by molar-refractivity contribution is 0.1000. The third-order valence-electron chi connectivity index (χ3n) is 2.17. The third-order valence-corrected chi connectivity index (χ3v) is 3.27. The van der Waals surface area contributed by atoms with Crippen molar-refractivity contribution in [3.05, 3.63) is 38.9 Å². The molecular weight excluding hydrogens is 352 g/mol. The maximum absolute atomic E-state index is 11.4. The van der Waals surface area contributed by atoms with Gasteiger partial charge in [-0.15, -0.1) is 5.10 Å². The highest BCUT2D eigenvalue weighted by molar-refractivity contribution is 9.10. The van der Waals surface area contributed by atoms with E-state index in [4.69, 9.17) is 11.5 Å². The summed E-state index contributed by atoms with van der Waals surface area (Å²) in [6.45, 7) is 0. The van der Waals surface area contributed by atoms with Crippen molar-refractivity contribution in [3.63, 3.8) is 0 Å². The van der Waals surface area contributed by atoms with Crippen molar-refractivity contribution >= 4 is 43.6 Å². The zero-order chi connectivity index (χ0) is 12.6. The minimum absolute atomic E-state index is 0.350. The topological polar surface area (TPSA) is 86.9 Å². The summed E-state index contributed by atoms with van der Waals surface area (Å²) in [4.78, 5) is 11.4. The monoisotopic (exact) mass is 358 g/mol. The summed E-state index contributed by atoms with van der Waals surface area (Å²) in [6, 6.07) is 5.18. The average Bonchev–Trinajstić information content (AvgIpc) is 2.59. The van der Waals surface area contributed by atoms with Gasteiger partial charge in [0.15, 0.2) is 5.82 Å². The van der Waals surface area contributed by atoms with E-state index in [1.807, 2.05) is 0 Å². The molecule has 1 heterocycles. The Morgan fingerprint density at radius 1 is 1.35 bits per heavy atom. The minimum atomic E-state index is -0.522. The number of hydrogen-bond donors (Lipinski definition) is 2. The molecule has 5 nitrogen and oxygen atoms in total. The zero-order valence-corrected chi connectivity index (χ0v) is 11.7. The number of anilines is 1. The lowest BCUT2D eigenvalue weighted by atomic mass is 10.1. The van der Waals surface area contributed by atoms with Crippen LogP contribution in [-0.4, -0.2) is 15.7 Å². The number of carbonyl (C=O) groups is 1. The Balaban J connectivity index is 2.62. The number of amides is 1. The summed E-state index contributed by atoms with van der Waals surface area (Å²) >= 11 is 6.54. The largest absolute Gasteiger partial charge is 0.381 e. The van der Waals surface area contributed by atoms with Gasteiger partial charge in [-0.2, -0.15) is 0 Å². The summed E-state index contributed by atoms with van der Waals surface area (Å²) < 4.78 is 2.94. The first-order valence-corrected chi connectivity index (χ1v) is 6.18. The molecule has 1 aromatic heterocycles. The van der Waals surface area contributed by atoms with Crippen molar-refractivity contribution in [1.29, 1.82) is 0 Å². The molecule has 0 aliphatic heterocycles. The van der Waals surface area contributed by atoms with Crippen LogP contribution in [0.15, 0.2) is 33.3 Å². The molecule has 7 heteroatoms. The molecule has 4 N–H and O–H groups in total. The first-order valence-electron chi connectivity index (χ1n) is 4.59. The normalized spacial score (nSPS) is 10.5. The van der Waals surface area contributed by atoms with Gasteiger partial charge in [0.1, 0.15) is 0 Å². The lowest BCUT2D eigenvalue weighted by Crippen LogP contribution is -2.15. The van der Waals surface area contributed by atoms with Gasteiger partial charge in [-0.3, -0.25) is 4.79 Å². The van der Waals surface area contributed by atoms with Crippen LogP contribution in [0.1, 0.15) is 10.4 Å². The second kappa shape index (κ2) is 4.50. The maximum Gasteiger partial charge on any atom is 0.250 e. The van der Waals surface area contributed by atoms with E-state index in [2.05, 4.69) is 37.0 Å². The number of aromatic nitrogens is 2. The number of nitrogen functional groups attached to an aromatic ring is 1. The van der Waals surface area contributed by atoms with Crippen molar-refractivity contribution < 1.29 is 4.79 Å². The van der Waals surface area contributed by atoms with Crippen molar-refractivity contribution in [2.45, 2.75) is 0 Å². The molecule has 2 aromatic rings. The molecule has 0 spiro atoms. The maximum atomic E-state index is 11.4. The van der Waals surface area contributed by atoms with E-state index >= 15 is 0 Å². The Kier molecular flexibility index (Phi) is 3.21. The smallest absolute Gasteiger partial charge is 0.250 e. The fourth-order valence-corrected chi connectivity index (χ4v) is 2.03. The molecule has 0 fully saturated rings. The van der Waals surface area contributed by atoms with Crippen LogP contribution >= 0.6 is 31.9 Å². The predicted molar refractivity (Wildman–Crippen MR) is 71.9 cm³/mol. The molecule has 0 saturated heterocycles. The van der Waals surface area contributed by atoms with E-state index in [9.17, 15) is 4.79 Å². The molecule has 1 aromatic carbocycles. The van der Waals surface area contributed by atoms with Crippen LogP contribution in [0.25, 0.3) is 5.69 Å². The number of carbonyl (C=O) groups excluding carboxylic acids is 1. The molecule has 17 heavy (non-hydrogen) atoms. The number of benzene rings is 1. The Hall–Kier alpha value is -1.34. The first kappa shape index (κ1) is 12.1. The number of hydrogen-bond acceptors (Lipinski definition) is 3. The van der Waals surface area contributed by atoms with Crippen molar-refractivity contribution in [1.82, 2.24) is 9.78 Å². The fraction of sp³-hybridized carbons (Fsp3) is 0. The predicted octanol–water partition coefficient (Wildman–Crippen LogP) is 2.08. The van der Waals surface area contributed by atoms with Crippen molar-refractivity contribution in [2.75, 3.05) is 5.73 Å². The van der Waals surface area contributed by atoms with Crippen molar-refractivity contribution in [2.24, 2.45) is 5.73 Å². The van der Waals surface area contributed by atoms with Crippen LogP contribution in [0.2, 0.25) is 0 Å². The summed E-state index contributed by atoms with van der Waals surface area (Å²) in [7, 11) is 0. The van der Waals surface area contributed by atoms with Gasteiger partial charge in [-0.25, -0.2) is 4.68 Å². The minimum Gasteiger partial charge on any atom is -0.381 e. The van der Waals surface area contributed by atoms with E-state index < -0.39 is 5.91 Å². The highest BCUT2D eigenvalue weighted by Crippen LogP contribution is 2.23. The molecule has 0 unspecified atom stereocenters. The summed E-state index contributed by atoms with van der Waals surface area (Å²) in [5.41, 5.74) is 11.9. The molecule has 88 valence electrons. The SMILES string of the molecule is NC(=O)c1cc(Br)ccc1-n1cc(Br)c(N)n1. The molecule has 1 amide bonds. The van der Waals surface area contributed by atoms with Gasteiger partial charge in [-0.05, 0) is 34.1 Å². The first-order chi connectivity index (χ1) is 7.99. The molecule has 0 aliphatic rings. The zero-order valence-electron chi connectivity index (χ0n) is 8.52. The van der Waals surface area contributed by atoms with Crippen LogP contribution in [0.4, 0.5) is 5.82 Å². The van der Waals surface area contributed by atoms with Gasteiger partial charge in [0, 0.05) is 10.7 Å². The average molecular weight is 360 g/mol. The van der Waals surface area contributed by atoms with Gasteiger partial charge in [0.05, 0.1) is 15.7 Å². The van der Waals surface area contributed by atoms with Crippen LogP contribution in [0, 0.1) is 0 Å². The molecule has 0 atom stereocenters. The Bertz CT molecular complexity index is 574. The fourth-order valence-electron chi connectivity index (χ4n) is 1.40. The second-order valence-electron chi connectivity index (χ2n) is 3.33. The van der Waals surface area contributed by atoms with Gasteiger partial charge in [0.25, 0.3) is 5.91 Å². The highest BCUT2D eigenvalue weighted by atomic mass is 79.9.